The molecule has 0 unspecified atom stereocenters. The van der Waals surface area contributed by atoms with Crippen molar-refractivity contribution in [1.82, 2.24) is 23.7 Å². The molecule has 1 aromatic carbocycles. The lowest BCUT2D eigenvalue weighted by atomic mass is 10.1. The molecule has 10 heteroatoms. The fourth-order valence-electron chi connectivity index (χ4n) is 3.13. The number of amides is 1. The Morgan fingerprint density at radius 3 is 2.37 bits per heavy atom. The molecule has 0 aliphatic heterocycles. The summed E-state index contributed by atoms with van der Waals surface area (Å²) in [5, 5.41) is 2.66. The highest BCUT2D eigenvalue weighted by atomic mass is 19.1. The molecule has 1 N–H and O–H groups in total. The maximum absolute atomic E-state index is 13.0. The molecule has 1 amide bonds. The molecule has 4 aromatic rings. The van der Waals surface area contributed by atoms with Gasteiger partial charge in [-0.2, -0.15) is 0 Å². The first-order valence-corrected chi connectivity index (χ1v) is 8.98. The Labute approximate surface area is 169 Å². The second-order valence-electron chi connectivity index (χ2n) is 6.74. The minimum Gasteiger partial charge on any atom is -0.315 e. The van der Waals surface area contributed by atoms with Crippen LogP contribution in [-0.4, -0.2) is 29.6 Å². The molecule has 9 nitrogen and oxygen atoms in total. The average molecular weight is 408 g/mol. The lowest BCUT2D eigenvalue weighted by molar-refractivity contribution is -0.116. The minimum absolute atomic E-state index is 0.161. The van der Waals surface area contributed by atoms with Gasteiger partial charge < -0.3 is 9.88 Å². The van der Waals surface area contributed by atoms with Gasteiger partial charge in [0.2, 0.25) is 5.91 Å². The largest absolute Gasteiger partial charge is 0.332 e. The Kier molecular flexibility index (Phi) is 4.74. The fourth-order valence-corrected chi connectivity index (χ4v) is 3.13. The standard InChI is InChI=1S/C20H17FN6O3/c1-25-18-17(19(29)26(2)20(25)30)27(11-23-18)10-16(28)24-15-8-5-13(9-22-15)12-3-6-14(21)7-4-12/h3-9,11H,10H2,1-2H3,(H,22,24,28). The van der Waals surface area contributed by atoms with Crippen molar-refractivity contribution in [1.29, 1.82) is 0 Å². The minimum atomic E-state index is -0.528. The third-order valence-corrected chi connectivity index (χ3v) is 4.74. The highest BCUT2D eigenvalue weighted by molar-refractivity contribution is 5.90. The Balaban J connectivity index is 1.53. The van der Waals surface area contributed by atoms with Crippen LogP contribution in [0.15, 0.2) is 58.5 Å². The van der Waals surface area contributed by atoms with Crippen LogP contribution < -0.4 is 16.6 Å². The Morgan fingerprint density at radius 1 is 1.00 bits per heavy atom. The molecule has 0 bridgehead atoms. The van der Waals surface area contributed by atoms with Crippen LogP contribution in [0.4, 0.5) is 10.2 Å². The summed E-state index contributed by atoms with van der Waals surface area (Å²) in [6, 6.07) is 9.39. The van der Waals surface area contributed by atoms with Crippen molar-refractivity contribution in [2.24, 2.45) is 14.1 Å². The molecule has 0 radical (unpaired) electrons. The van der Waals surface area contributed by atoms with Crippen molar-refractivity contribution in [2.45, 2.75) is 6.54 Å². The third-order valence-electron chi connectivity index (χ3n) is 4.74. The number of nitrogens with one attached hydrogen (secondary N) is 1. The van der Waals surface area contributed by atoms with Crippen LogP contribution in [0.2, 0.25) is 0 Å². The average Bonchev–Trinajstić information content (AvgIpc) is 3.15. The predicted molar refractivity (Wildman–Crippen MR) is 108 cm³/mol. The summed E-state index contributed by atoms with van der Waals surface area (Å²) >= 11 is 0. The third kappa shape index (κ3) is 3.39. The number of anilines is 1. The van der Waals surface area contributed by atoms with E-state index in [1.807, 2.05) is 0 Å². The number of imidazole rings is 1. The summed E-state index contributed by atoms with van der Waals surface area (Å²) in [6.45, 7) is -0.175. The number of hydrogen-bond donors (Lipinski definition) is 1. The molecular weight excluding hydrogens is 391 g/mol. The highest BCUT2D eigenvalue weighted by Crippen LogP contribution is 2.20. The molecule has 0 fully saturated rings. The zero-order valence-corrected chi connectivity index (χ0v) is 16.2. The van der Waals surface area contributed by atoms with Crippen LogP contribution in [0.1, 0.15) is 0 Å². The number of benzene rings is 1. The maximum Gasteiger partial charge on any atom is 0.332 e. The molecule has 0 atom stereocenters. The molecule has 152 valence electrons. The molecular formula is C20H17FN6O3. The Morgan fingerprint density at radius 2 is 1.70 bits per heavy atom. The van der Waals surface area contributed by atoms with Gasteiger partial charge in [-0.15, -0.1) is 0 Å². The predicted octanol–water partition coefficient (Wildman–Crippen LogP) is 1.27. The SMILES string of the molecule is Cn1c(=O)c2c(ncn2CC(=O)Nc2ccc(-c3ccc(F)cc3)cn2)n(C)c1=O. The summed E-state index contributed by atoms with van der Waals surface area (Å²) < 4.78 is 16.7. The zero-order chi connectivity index (χ0) is 21.4. The van der Waals surface area contributed by atoms with E-state index in [0.717, 1.165) is 15.7 Å². The van der Waals surface area contributed by atoms with Gasteiger partial charge in [0.1, 0.15) is 18.2 Å². The topological polar surface area (TPSA) is 104 Å². The van der Waals surface area contributed by atoms with E-state index in [1.165, 1.54) is 41.7 Å². The van der Waals surface area contributed by atoms with Crippen LogP contribution >= 0.6 is 0 Å². The van der Waals surface area contributed by atoms with Gasteiger partial charge in [-0.3, -0.25) is 18.7 Å². The molecule has 0 spiro atoms. The van der Waals surface area contributed by atoms with E-state index in [0.29, 0.717) is 5.82 Å². The number of aryl methyl sites for hydroxylation is 1. The van der Waals surface area contributed by atoms with Gasteiger partial charge in [-0.25, -0.2) is 19.2 Å². The Hall–Kier alpha value is -4.08. The first kappa shape index (κ1) is 19.2. The zero-order valence-electron chi connectivity index (χ0n) is 16.2. The van der Waals surface area contributed by atoms with Crippen molar-refractivity contribution in [3.63, 3.8) is 0 Å². The first-order chi connectivity index (χ1) is 14.3. The van der Waals surface area contributed by atoms with Crippen molar-refractivity contribution in [2.75, 3.05) is 5.32 Å². The summed E-state index contributed by atoms with van der Waals surface area (Å²) in [5.74, 6) is -0.402. The highest BCUT2D eigenvalue weighted by Gasteiger charge is 2.16. The van der Waals surface area contributed by atoms with Crippen LogP contribution in [0.25, 0.3) is 22.3 Å². The number of fused-ring (bicyclic) bond motifs is 1. The Bertz CT molecular complexity index is 1370. The maximum atomic E-state index is 13.0. The molecule has 0 saturated carbocycles. The molecule has 0 aliphatic carbocycles. The molecule has 30 heavy (non-hydrogen) atoms. The van der Waals surface area contributed by atoms with E-state index < -0.39 is 17.2 Å². The number of halogens is 1. The smallest absolute Gasteiger partial charge is 0.315 e. The molecule has 0 saturated heterocycles. The van der Waals surface area contributed by atoms with Gasteiger partial charge in [-0.05, 0) is 29.8 Å². The van der Waals surface area contributed by atoms with Crippen LogP contribution in [0.3, 0.4) is 0 Å². The van der Waals surface area contributed by atoms with Gasteiger partial charge in [0.15, 0.2) is 11.2 Å². The molecule has 4 rings (SSSR count). The number of aromatic nitrogens is 5. The normalized spacial score (nSPS) is 11.0. The summed E-state index contributed by atoms with van der Waals surface area (Å²) in [4.78, 5) is 45.2. The second-order valence-corrected chi connectivity index (χ2v) is 6.74. The van der Waals surface area contributed by atoms with Crippen molar-refractivity contribution < 1.29 is 9.18 Å². The van der Waals surface area contributed by atoms with Gasteiger partial charge in [0, 0.05) is 25.9 Å². The molecule has 0 aliphatic rings. The lowest BCUT2D eigenvalue weighted by Gasteiger charge is -2.08. The monoisotopic (exact) mass is 408 g/mol. The lowest BCUT2D eigenvalue weighted by Crippen LogP contribution is -2.37. The van der Waals surface area contributed by atoms with Gasteiger partial charge in [-0.1, -0.05) is 12.1 Å². The molecule has 3 aromatic heterocycles. The number of hydrogen-bond acceptors (Lipinski definition) is 5. The van der Waals surface area contributed by atoms with Crippen molar-refractivity contribution >= 4 is 22.9 Å². The van der Waals surface area contributed by atoms with Gasteiger partial charge in [0.05, 0.1) is 6.33 Å². The van der Waals surface area contributed by atoms with Gasteiger partial charge in [0.25, 0.3) is 5.56 Å². The number of carbonyl (C=O) groups excluding carboxylic acids is 1. The fraction of sp³-hybridized carbons (Fsp3) is 0.150. The van der Waals surface area contributed by atoms with E-state index in [4.69, 9.17) is 0 Å². The number of rotatable bonds is 4. The summed E-state index contributed by atoms with van der Waals surface area (Å²) in [5.41, 5.74) is 0.922. The van der Waals surface area contributed by atoms with Crippen LogP contribution in [0.5, 0.6) is 0 Å². The van der Waals surface area contributed by atoms with Crippen LogP contribution in [-0.2, 0) is 25.4 Å². The number of nitrogens with zero attached hydrogens (tertiary/aromatic N) is 5. The second kappa shape index (κ2) is 7.39. The summed E-state index contributed by atoms with van der Waals surface area (Å²) in [7, 11) is 2.88. The van der Waals surface area contributed by atoms with E-state index >= 15 is 0 Å². The first-order valence-electron chi connectivity index (χ1n) is 8.98. The van der Waals surface area contributed by atoms with E-state index in [1.54, 1.807) is 30.5 Å². The quantitative estimate of drug-likeness (QED) is 0.548. The van der Waals surface area contributed by atoms with Crippen molar-refractivity contribution in [3.05, 3.63) is 75.6 Å². The molecule has 3 heterocycles. The van der Waals surface area contributed by atoms with Crippen LogP contribution in [0, 0.1) is 5.82 Å². The number of carbonyl (C=O) groups is 1. The van der Waals surface area contributed by atoms with E-state index in [9.17, 15) is 18.8 Å². The van der Waals surface area contributed by atoms with Crippen molar-refractivity contribution in [3.8, 4) is 11.1 Å². The van der Waals surface area contributed by atoms with Gasteiger partial charge >= 0.3 is 5.69 Å². The van der Waals surface area contributed by atoms with E-state index in [-0.39, 0.29) is 23.5 Å². The number of pyridine rings is 1. The summed E-state index contributed by atoms with van der Waals surface area (Å²) in [6.07, 6.45) is 2.91. The van der Waals surface area contributed by atoms with E-state index in [2.05, 4.69) is 15.3 Å².